The van der Waals surface area contributed by atoms with Gasteiger partial charge in [0.15, 0.2) is 0 Å². The molecule has 2 atom stereocenters. The van der Waals surface area contributed by atoms with E-state index in [1.165, 1.54) is 10.4 Å². The predicted octanol–water partition coefficient (Wildman–Crippen LogP) is 4.94. The molecule has 5 nitrogen and oxygen atoms in total. The molecule has 4 rings (SSSR count). The van der Waals surface area contributed by atoms with Crippen molar-refractivity contribution < 1.29 is 4.74 Å². The van der Waals surface area contributed by atoms with Crippen molar-refractivity contribution in [2.24, 2.45) is 5.92 Å². The van der Waals surface area contributed by atoms with Gasteiger partial charge in [-0.1, -0.05) is 18.5 Å². The number of nitrogens with zero attached hydrogens (tertiary/aromatic N) is 1. The SMILES string of the molecule is COc1ccc(N[C@H](C)c2nc3sc4c(c3c(=O)[nH]2)CC[C@H](C)C4)cc1Cl. The van der Waals surface area contributed by atoms with Gasteiger partial charge < -0.3 is 15.0 Å². The summed E-state index contributed by atoms with van der Waals surface area (Å²) in [6, 6.07) is 5.34. The van der Waals surface area contributed by atoms with E-state index in [1.54, 1.807) is 24.5 Å². The van der Waals surface area contributed by atoms with E-state index in [0.29, 0.717) is 22.5 Å². The number of hydrogen-bond donors (Lipinski definition) is 2. The zero-order valence-electron chi connectivity index (χ0n) is 15.6. The minimum Gasteiger partial charge on any atom is -0.495 e. The van der Waals surface area contributed by atoms with Crippen LogP contribution in [0.15, 0.2) is 23.0 Å². The Kier molecular flexibility index (Phi) is 4.86. The first-order chi connectivity index (χ1) is 13.0. The van der Waals surface area contributed by atoms with Gasteiger partial charge >= 0.3 is 0 Å². The van der Waals surface area contributed by atoms with E-state index < -0.39 is 0 Å². The Balaban J connectivity index is 1.65. The summed E-state index contributed by atoms with van der Waals surface area (Å²) in [7, 11) is 1.59. The van der Waals surface area contributed by atoms with Crippen LogP contribution in [0.5, 0.6) is 5.75 Å². The first kappa shape index (κ1) is 18.3. The molecule has 3 aromatic rings. The average Bonchev–Trinajstić information content (AvgIpc) is 2.99. The van der Waals surface area contributed by atoms with Gasteiger partial charge in [-0.2, -0.15) is 0 Å². The Morgan fingerprint density at radius 3 is 3.00 bits per heavy atom. The van der Waals surface area contributed by atoms with Crippen LogP contribution in [0.1, 0.15) is 42.6 Å². The molecule has 0 spiro atoms. The van der Waals surface area contributed by atoms with Crippen LogP contribution in [0.3, 0.4) is 0 Å². The van der Waals surface area contributed by atoms with Gasteiger partial charge in [0.2, 0.25) is 0 Å². The smallest absolute Gasteiger partial charge is 0.259 e. The van der Waals surface area contributed by atoms with E-state index in [0.717, 1.165) is 35.2 Å². The number of anilines is 1. The Morgan fingerprint density at radius 1 is 1.44 bits per heavy atom. The van der Waals surface area contributed by atoms with E-state index in [9.17, 15) is 4.79 Å². The third-order valence-electron chi connectivity index (χ3n) is 5.13. The van der Waals surface area contributed by atoms with Crippen molar-refractivity contribution >= 4 is 38.8 Å². The van der Waals surface area contributed by atoms with Gasteiger partial charge in [-0.25, -0.2) is 4.98 Å². The fourth-order valence-electron chi connectivity index (χ4n) is 3.65. The number of hydrogen-bond acceptors (Lipinski definition) is 5. The number of fused-ring (bicyclic) bond motifs is 3. The molecule has 7 heteroatoms. The van der Waals surface area contributed by atoms with Gasteiger partial charge in [0.05, 0.1) is 23.6 Å². The molecule has 0 saturated carbocycles. The van der Waals surface area contributed by atoms with Gasteiger partial charge in [-0.15, -0.1) is 11.3 Å². The van der Waals surface area contributed by atoms with Gasteiger partial charge in [-0.3, -0.25) is 4.79 Å². The molecule has 0 unspecified atom stereocenters. The van der Waals surface area contributed by atoms with Gasteiger partial charge in [0, 0.05) is 10.6 Å². The van der Waals surface area contributed by atoms with Crippen molar-refractivity contribution in [3.63, 3.8) is 0 Å². The summed E-state index contributed by atoms with van der Waals surface area (Å²) < 4.78 is 5.18. The number of ether oxygens (including phenoxy) is 1. The lowest BCUT2D eigenvalue weighted by atomic mass is 9.89. The van der Waals surface area contributed by atoms with Crippen LogP contribution in [0, 0.1) is 5.92 Å². The maximum Gasteiger partial charge on any atom is 0.259 e. The Labute approximate surface area is 166 Å². The van der Waals surface area contributed by atoms with E-state index >= 15 is 0 Å². The van der Waals surface area contributed by atoms with Crippen molar-refractivity contribution in [3.05, 3.63) is 49.8 Å². The Hall–Kier alpha value is -2.05. The number of thiophene rings is 1. The number of halogens is 1. The van der Waals surface area contributed by atoms with Crippen molar-refractivity contribution in [2.75, 3.05) is 12.4 Å². The lowest BCUT2D eigenvalue weighted by Gasteiger charge is -2.17. The highest BCUT2D eigenvalue weighted by Gasteiger charge is 2.23. The van der Waals surface area contributed by atoms with Crippen LogP contribution < -0.4 is 15.6 Å². The summed E-state index contributed by atoms with van der Waals surface area (Å²) in [6.45, 7) is 4.24. The lowest BCUT2D eigenvalue weighted by molar-refractivity contribution is 0.415. The molecule has 0 bridgehead atoms. The largest absolute Gasteiger partial charge is 0.495 e. The molecule has 2 N–H and O–H groups in total. The third-order valence-corrected chi connectivity index (χ3v) is 6.57. The lowest BCUT2D eigenvalue weighted by Crippen LogP contribution is -2.18. The molecule has 1 aliphatic rings. The Bertz CT molecular complexity index is 1060. The van der Waals surface area contributed by atoms with Crippen molar-refractivity contribution in [2.45, 2.75) is 39.2 Å². The molecular weight excluding hydrogens is 382 g/mol. The number of aryl methyl sites for hydroxylation is 1. The molecule has 1 aromatic carbocycles. The summed E-state index contributed by atoms with van der Waals surface area (Å²) in [5.41, 5.74) is 2.01. The second kappa shape index (κ2) is 7.17. The first-order valence-corrected chi connectivity index (χ1v) is 10.3. The van der Waals surface area contributed by atoms with Crippen molar-refractivity contribution in [1.29, 1.82) is 0 Å². The second-order valence-corrected chi connectivity index (χ2v) is 8.69. The van der Waals surface area contributed by atoms with Gasteiger partial charge in [0.25, 0.3) is 5.56 Å². The van der Waals surface area contributed by atoms with Crippen LogP contribution >= 0.6 is 22.9 Å². The molecule has 0 amide bonds. The molecule has 0 fully saturated rings. The summed E-state index contributed by atoms with van der Waals surface area (Å²) >= 11 is 7.86. The number of H-pyrrole nitrogens is 1. The average molecular weight is 404 g/mol. The minimum absolute atomic E-state index is 0.0385. The monoisotopic (exact) mass is 403 g/mol. The zero-order valence-corrected chi connectivity index (χ0v) is 17.1. The standard InChI is InChI=1S/C20H22ClN3O2S/c1-10-4-6-13-16(8-10)27-20-17(13)19(25)23-18(24-20)11(2)22-12-5-7-15(26-3)14(21)9-12/h5,7,9-11,22H,4,6,8H2,1-3H3,(H,23,24,25)/t10-,11+/m0/s1. The molecule has 2 aromatic heterocycles. The summed E-state index contributed by atoms with van der Waals surface area (Å²) in [5.74, 6) is 1.93. The van der Waals surface area contributed by atoms with Gasteiger partial charge in [-0.05, 0) is 55.9 Å². The summed E-state index contributed by atoms with van der Waals surface area (Å²) in [4.78, 5) is 22.7. The van der Waals surface area contributed by atoms with E-state index in [4.69, 9.17) is 21.3 Å². The summed E-state index contributed by atoms with van der Waals surface area (Å²) in [6.07, 6.45) is 3.15. The van der Waals surface area contributed by atoms with Crippen molar-refractivity contribution in [1.82, 2.24) is 9.97 Å². The van der Waals surface area contributed by atoms with Gasteiger partial charge in [0.1, 0.15) is 16.4 Å². The Morgan fingerprint density at radius 2 is 2.26 bits per heavy atom. The molecule has 0 aliphatic heterocycles. The van der Waals surface area contributed by atoms with Crippen LogP contribution in [-0.2, 0) is 12.8 Å². The maximum atomic E-state index is 12.8. The predicted molar refractivity (Wildman–Crippen MR) is 111 cm³/mol. The second-order valence-electron chi connectivity index (χ2n) is 7.20. The highest BCUT2D eigenvalue weighted by molar-refractivity contribution is 7.18. The number of aromatic amines is 1. The first-order valence-electron chi connectivity index (χ1n) is 9.10. The van der Waals surface area contributed by atoms with Crippen LogP contribution in [0.4, 0.5) is 5.69 Å². The number of nitrogens with one attached hydrogen (secondary N) is 2. The van der Waals surface area contributed by atoms with Crippen LogP contribution in [0.2, 0.25) is 5.02 Å². The molecule has 27 heavy (non-hydrogen) atoms. The quantitative estimate of drug-likeness (QED) is 0.647. The van der Waals surface area contributed by atoms with E-state index in [2.05, 4.69) is 17.2 Å². The summed E-state index contributed by atoms with van der Waals surface area (Å²) in [5, 5.41) is 4.66. The number of methoxy groups -OCH3 is 1. The topological polar surface area (TPSA) is 67.0 Å². The fraction of sp³-hybridized carbons (Fsp3) is 0.400. The molecular formula is C20H22ClN3O2S. The third kappa shape index (κ3) is 3.44. The number of benzene rings is 1. The molecule has 2 heterocycles. The molecule has 1 aliphatic carbocycles. The minimum atomic E-state index is -0.162. The van der Waals surface area contributed by atoms with Crippen molar-refractivity contribution in [3.8, 4) is 5.75 Å². The fourth-order valence-corrected chi connectivity index (χ4v) is 5.29. The molecule has 142 valence electrons. The van der Waals surface area contributed by atoms with Crippen LogP contribution in [0.25, 0.3) is 10.2 Å². The van der Waals surface area contributed by atoms with E-state index in [-0.39, 0.29) is 11.6 Å². The van der Waals surface area contributed by atoms with Crippen LogP contribution in [-0.4, -0.2) is 17.1 Å². The molecule has 0 saturated heterocycles. The normalized spacial score (nSPS) is 17.6. The zero-order chi connectivity index (χ0) is 19.1. The van der Waals surface area contributed by atoms with E-state index in [1.807, 2.05) is 19.1 Å². The number of aromatic nitrogens is 2. The maximum absolute atomic E-state index is 12.8. The highest BCUT2D eigenvalue weighted by Crippen LogP contribution is 2.36. The molecule has 0 radical (unpaired) electrons. The highest BCUT2D eigenvalue weighted by atomic mass is 35.5. The number of rotatable bonds is 4.